The quantitative estimate of drug-likeness (QED) is 0.201. The van der Waals surface area contributed by atoms with Crippen molar-refractivity contribution in [1.82, 2.24) is 15.1 Å². The first-order chi connectivity index (χ1) is 22.0. The van der Waals surface area contributed by atoms with E-state index in [1.807, 2.05) is 25.1 Å². The van der Waals surface area contributed by atoms with E-state index in [1.54, 1.807) is 65.8 Å². The highest BCUT2D eigenvalue weighted by atomic mass is 16.6. The van der Waals surface area contributed by atoms with Gasteiger partial charge in [-0.15, -0.1) is 0 Å². The zero-order valence-electron chi connectivity index (χ0n) is 28.6. The van der Waals surface area contributed by atoms with E-state index in [2.05, 4.69) is 16.0 Å². The zero-order valence-corrected chi connectivity index (χ0v) is 28.6. The molecule has 1 saturated carbocycles. The molecule has 0 unspecified atom stereocenters. The number of para-hydroxylation sites is 1. The van der Waals surface area contributed by atoms with Gasteiger partial charge in [0.1, 0.15) is 22.9 Å². The Morgan fingerprint density at radius 2 is 1.68 bits per heavy atom. The maximum Gasteiger partial charge on any atom is 0.328 e. The number of nitrogens with one attached hydrogen (secondary N) is 3. The number of anilines is 2. The topological polar surface area (TPSA) is 146 Å². The first-order valence-electron chi connectivity index (χ1n) is 16.0. The van der Waals surface area contributed by atoms with Crippen LogP contribution in [0.15, 0.2) is 42.5 Å². The molecule has 254 valence electrons. The smallest absolute Gasteiger partial charge is 0.328 e. The summed E-state index contributed by atoms with van der Waals surface area (Å²) in [6, 6.07) is 9.95. The molecule has 0 spiro atoms. The van der Waals surface area contributed by atoms with Crippen LogP contribution in [0, 0.1) is 12.8 Å². The van der Waals surface area contributed by atoms with Crippen LogP contribution in [0.2, 0.25) is 0 Å². The molecular weight excluding hydrogens is 602 g/mol. The molecule has 2 fully saturated rings. The van der Waals surface area contributed by atoms with Crippen LogP contribution in [0.3, 0.4) is 0 Å². The number of esters is 1. The summed E-state index contributed by atoms with van der Waals surface area (Å²) in [6.07, 6.45) is 2.15. The van der Waals surface area contributed by atoms with Crippen molar-refractivity contribution in [2.75, 3.05) is 17.7 Å². The number of benzene rings is 2. The van der Waals surface area contributed by atoms with Crippen LogP contribution >= 0.6 is 0 Å². The predicted octanol–water partition coefficient (Wildman–Crippen LogP) is 5.60. The fourth-order valence-electron chi connectivity index (χ4n) is 5.54. The van der Waals surface area contributed by atoms with Crippen LogP contribution in [0.1, 0.15) is 78.4 Å². The van der Waals surface area contributed by atoms with E-state index in [1.165, 1.54) is 12.0 Å². The molecule has 12 heteroatoms. The third-order valence-corrected chi connectivity index (χ3v) is 8.25. The molecule has 0 radical (unpaired) electrons. The summed E-state index contributed by atoms with van der Waals surface area (Å²) >= 11 is 0. The van der Waals surface area contributed by atoms with Crippen molar-refractivity contribution >= 4 is 41.2 Å². The van der Waals surface area contributed by atoms with E-state index >= 15 is 0 Å². The van der Waals surface area contributed by atoms with Gasteiger partial charge in [-0.1, -0.05) is 37.1 Å². The lowest BCUT2D eigenvalue weighted by atomic mass is 10.0. The van der Waals surface area contributed by atoms with Crippen molar-refractivity contribution < 1.29 is 33.4 Å². The minimum absolute atomic E-state index is 0.0427. The number of ether oxygens (including phenoxy) is 2. The van der Waals surface area contributed by atoms with Crippen molar-refractivity contribution in [3.05, 3.63) is 53.6 Å². The molecule has 1 heterocycles. The summed E-state index contributed by atoms with van der Waals surface area (Å²) in [6.45, 7) is 12.3. The summed E-state index contributed by atoms with van der Waals surface area (Å²) in [5.74, 6) is -0.792. The third kappa shape index (κ3) is 8.81. The van der Waals surface area contributed by atoms with Crippen LogP contribution in [-0.2, 0) is 25.7 Å². The molecule has 2 aromatic carbocycles. The molecule has 4 rings (SSSR count). The average molecular weight is 650 g/mol. The Bertz CT molecular complexity index is 1530. The summed E-state index contributed by atoms with van der Waals surface area (Å²) in [4.78, 5) is 68.9. The number of aryl methyl sites for hydroxylation is 1. The molecule has 1 aliphatic carbocycles. The fraction of sp³-hybridized carbons (Fsp3) is 0.514. The van der Waals surface area contributed by atoms with Crippen LogP contribution in [-0.4, -0.2) is 70.0 Å². The minimum atomic E-state index is -1.24. The third-order valence-electron chi connectivity index (χ3n) is 8.25. The molecule has 1 saturated heterocycles. The summed E-state index contributed by atoms with van der Waals surface area (Å²) < 4.78 is 10.9. The molecule has 0 bridgehead atoms. The second-order valence-corrected chi connectivity index (χ2v) is 13.9. The molecular formula is C35H47N5O7. The SMILES string of the molecule is COc1cc(CN2C(=O)N([C@H](CC3CC3)C(=O)N[C@H](C)CC(=O)OC(C)(C)C)C(=O)C2(C)C)ccc1NC(=O)Nc1ccccc1C. The maximum atomic E-state index is 14.0. The minimum Gasteiger partial charge on any atom is -0.495 e. The van der Waals surface area contributed by atoms with Crippen LogP contribution in [0.4, 0.5) is 21.0 Å². The Morgan fingerprint density at radius 1 is 1.02 bits per heavy atom. The Labute approximate surface area is 276 Å². The first-order valence-corrected chi connectivity index (χ1v) is 16.0. The standard InChI is InChI=1S/C35H47N5O7/c1-21-11-9-10-12-25(21)37-32(44)38-26-16-15-24(19-28(26)46-8)20-39-33(45)40(31(43)35(39,6)7)27(18-23-13-14-23)30(42)36-22(2)17-29(41)47-34(3,4)5/h9-12,15-16,19,22-23,27H,13-14,17-18,20H2,1-8H3,(H,36,42)(H2,37,38,44)/t22-,27-/m1/s1. The van der Waals surface area contributed by atoms with Gasteiger partial charge in [-0.05, 0) is 90.1 Å². The Hall–Kier alpha value is -4.61. The number of carbonyl (C=O) groups is 5. The van der Waals surface area contributed by atoms with Crippen molar-refractivity contribution in [3.63, 3.8) is 0 Å². The van der Waals surface area contributed by atoms with E-state index in [9.17, 15) is 24.0 Å². The van der Waals surface area contributed by atoms with Crippen molar-refractivity contribution in [2.24, 2.45) is 5.92 Å². The lowest BCUT2D eigenvalue weighted by Gasteiger charge is -2.28. The van der Waals surface area contributed by atoms with Crippen LogP contribution < -0.4 is 20.7 Å². The average Bonchev–Trinajstić information content (AvgIpc) is 3.77. The van der Waals surface area contributed by atoms with Crippen molar-refractivity contribution in [2.45, 2.75) is 104 Å². The lowest BCUT2D eigenvalue weighted by molar-refractivity contribution is -0.155. The van der Waals surface area contributed by atoms with Gasteiger partial charge in [0.05, 0.1) is 19.2 Å². The molecule has 2 aliphatic rings. The number of rotatable bonds is 12. The van der Waals surface area contributed by atoms with Crippen molar-refractivity contribution in [1.29, 1.82) is 0 Å². The van der Waals surface area contributed by atoms with Gasteiger partial charge in [-0.3, -0.25) is 14.4 Å². The number of carbonyl (C=O) groups excluding carboxylic acids is 5. The second kappa shape index (κ2) is 14.0. The molecule has 3 N–H and O–H groups in total. The van der Waals surface area contributed by atoms with Crippen molar-refractivity contribution in [3.8, 4) is 5.75 Å². The second-order valence-electron chi connectivity index (χ2n) is 13.9. The largest absolute Gasteiger partial charge is 0.495 e. The fourth-order valence-corrected chi connectivity index (χ4v) is 5.54. The number of urea groups is 2. The zero-order chi connectivity index (χ0) is 34.7. The van der Waals surface area contributed by atoms with E-state index in [0.29, 0.717) is 29.1 Å². The highest BCUT2D eigenvalue weighted by Crippen LogP contribution is 2.39. The van der Waals surface area contributed by atoms with E-state index in [0.717, 1.165) is 23.3 Å². The van der Waals surface area contributed by atoms with Gasteiger partial charge in [0.15, 0.2) is 0 Å². The summed E-state index contributed by atoms with van der Waals surface area (Å²) in [5.41, 5.74) is 0.786. The van der Waals surface area contributed by atoms with Gasteiger partial charge < -0.3 is 30.3 Å². The Balaban J connectivity index is 1.48. The number of hydrogen-bond donors (Lipinski definition) is 3. The van der Waals surface area contributed by atoms with Gasteiger partial charge in [0, 0.05) is 18.3 Å². The van der Waals surface area contributed by atoms with E-state index in [-0.39, 0.29) is 18.9 Å². The molecule has 2 aromatic rings. The van der Waals surface area contributed by atoms with E-state index < -0.39 is 53.1 Å². The number of methoxy groups -OCH3 is 1. The lowest BCUT2D eigenvalue weighted by Crippen LogP contribution is -2.53. The predicted molar refractivity (Wildman–Crippen MR) is 178 cm³/mol. The van der Waals surface area contributed by atoms with Gasteiger partial charge in [0.2, 0.25) is 5.91 Å². The molecule has 1 aliphatic heterocycles. The van der Waals surface area contributed by atoms with Gasteiger partial charge >= 0.3 is 18.0 Å². The van der Waals surface area contributed by atoms with Gasteiger partial charge in [-0.25, -0.2) is 14.5 Å². The molecule has 47 heavy (non-hydrogen) atoms. The van der Waals surface area contributed by atoms with E-state index in [4.69, 9.17) is 9.47 Å². The summed E-state index contributed by atoms with van der Waals surface area (Å²) in [5, 5.41) is 8.45. The monoisotopic (exact) mass is 649 g/mol. The number of imide groups is 1. The highest BCUT2D eigenvalue weighted by molar-refractivity contribution is 6.09. The van der Waals surface area contributed by atoms with Gasteiger partial charge in [-0.2, -0.15) is 0 Å². The number of amides is 6. The first kappa shape index (κ1) is 35.2. The Kier molecular flexibility index (Phi) is 10.5. The normalized spacial score (nSPS) is 17.2. The maximum absolute atomic E-state index is 14.0. The molecule has 0 aromatic heterocycles. The molecule has 6 amide bonds. The van der Waals surface area contributed by atoms with Gasteiger partial charge in [0.25, 0.3) is 5.91 Å². The number of nitrogens with zero attached hydrogens (tertiary/aromatic N) is 2. The molecule has 12 nitrogen and oxygen atoms in total. The molecule has 2 atom stereocenters. The van der Waals surface area contributed by atoms with Crippen LogP contribution in [0.25, 0.3) is 0 Å². The Morgan fingerprint density at radius 3 is 2.30 bits per heavy atom. The number of hydrogen-bond acceptors (Lipinski definition) is 7. The highest BCUT2D eigenvalue weighted by Gasteiger charge is 2.55. The summed E-state index contributed by atoms with van der Waals surface area (Å²) in [7, 11) is 1.48. The van der Waals surface area contributed by atoms with Crippen LogP contribution in [0.5, 0.6) is 5.75 Å².